The highest BCUT2D eigenvalue weighted by molar-refractivity contribution is 5.66. The molecule has 0 bridgehead atoms. The zero-order chi connectivity index (χ0) is 17.5. The summed E-state index contributed by atoms with van der Waals surface area (Å²) in [5, 5.41) is 20.1. The normalized spacial score (nSPS) is 41.1. The molecule has 0 aliphatic heterocycles. The summed E-state index contributed by atoms with van der Waals surface area (Å²) >= 11 is 0. The van der Waals surface area contributed by atoms with Crippen LogP contribution >= 0.6 is 0 Å². The van der Waals surface area contributed by atoms with Crippen LogP contribution in [0.5, 0.6) is 0 Å². The van der Waals surface area contributed by atoms with Gasteiger partial charge in [-0.15, -0.1) is 0 Å². The lowest BCUT2D eigenvalue weighted by Gasteiger charge is -2.61. The highest BCUT2D eigenvalue weighted by Gasteiger charge is 2.57. The molecule has 0 spiro atoms. The molecule has 0 heterocycles. The molecule has 3 nitrogen and oxygen atoms in total. The highest BCUT2D eigenvalue weighted by Crippen LogP contribution is 2.63. The van der Waals surface area contributed by atoms with Crippen LogP contribution in [0.15, 0.2) is 0 Å². The van der Waals surface area contributed by atoms with Crippen molar-refractivity contribution in [1.82, 2.24) is 0 Å². The van der Waals surface area contributed by atoms with Crippen molar-refractivity contribution in [2.75, 3.05) is 0 Å². The van der Waals surface area contributed by atoms with Crippen molar-refractivity contribution in [3.05, 3.63) is 0 Å². The Kier molecular flexibility index (Phi) is 5.21. The molecule has 2 aliphatic carbocycles. The Morgan fingerprint density at radius 2 is 1.83 bits per heavy atom. The third kappa shape index (κ3) is 3.75. The van der Waals surface area contributed by atoms with Crippen molar-refractivity contribution in [3.63, 3.8) is 0 Å². The second kappa shape index (κ2) is 6.38. The molecule has 0 saturated heterocycles. The summed E-state index contributed by atoms with van der Waals surface area (Å²) < 4.78 is 0. The van der Waals surface area contributed by atoms with Crippen molar-refractivity contribution in [3.8, 4) is 0 Å². The van der Waals surface area contributed by atoms with E-state index in [9.17, 15) is 9.90 Å². The smallest absolute Gasteiger partial charge is 0.303 e. The standard InChI is InChI=1S/C20H36O3/c1-14(13-17(21)22)7-8-16-19(4)11-6-10-18(2,3)15(19)9-12-20(16,5)23/h14-16,23H,6-13H2,1-5H3,(H,21,22)/t14-,15+,16+,19+,20-/m1/s1. The summed E-state index contributed by atoms with van der Waals surface area (Å²) in [6, 6.07) is 0. The highest BCUT2D eigenvalue weighted by atomic mass is 16.4. The molecule has 0 aromatic rings. The Labute approximate surface area is 141 Å². The Morgan fingerprint density at radius 3 is 2.43 bits per heavy atom. The van der Waals surface area contributed by atoms with E-state index < -0.39 is 11.6 Å². The van der Waals surface area contributed by atoms with Gasteiger partial charge in [0.15, 0.2) is 0 Å². The molecular formula is C20H36O3. The van der Waals surface area contributed by atoms with Crippen LogP contribution in [0.3, 0.4) is 0 Å². The summed E-state index contributed by atoms with van der Waals surface area (Å²) in [6.07, 6.45) is 7.83. The Balaban J connectivity index is 2.17. The number of carboxylic acid groups (broad SMARTS) is 1. The van der Waals surface area contributed by atoms with E-state index in [0.29, 0.717) is 11.3 Å². The molecule has 2 fully saturated rings. The van der Waals surface area contributed by atoms with Gasteiger partial charge in [-0.1, -0.05) is 34.1 Å². The number of rotatable bonds is 5. The van der Waals surface area contributed by atoms with Crippen LogP contribution in [0.2, 0.25) is 0 Å². The molecular weight excluding hydrogens is 288 g/mol. The summed E-state index contributed by atoms with van der Waals surface area (Å²) in [4.78, 5) is 10.9. The number of carbonyl (C=O) groups is 1. The fraction of sp³-hybridized carbons (Fsp3) is 0.950. The van der Waals surface area contributed by atoms with Gasteiger partial charge < -0.3 is 10.2 Å². The average molecular weight is 325 g/mol. The molecule has 2 rings (SSSR count). The molecule has 0 radical (unpaired) electrons. The van der Waals surface area contributed by atoms with Gasteiger partial charge in [0.05, 0.1) is 5.60 Å². The van der Waals surface area contributed by atoms with Gasteiger partial charge in [-0.05, 0) is 74.0 Å². The summed E-state index contributed by atoms with van der Waals surface area (Å²) in [7, 11) is 0. The second-order valence-corrected chi connectivity index (χ2v) is 9.63. The first kappa shape index (κ1) is 18.8. The number of fused-ring (bicyclic) bond motifs is 1. The van der Waals surface area contributed by atoms with Crippen LogP contribution in [0.1, 0.15) is 86.0 Å². The van der Waals surface area contributed by atoms with Crippen molar-refractivity contribution < 1.29 is 15.0 Å². The lowest BCUT2D eigenvalue weighted by Crippen LogP contribution is -2.57. The van der Waals surface area contributed by atoms with Gasteiger partial charge in [-0.25, -0.2) is 0 Å². The van der Waals surface area contributed by atoms with Crippen molar-refractivity contribution >= 4 is 5.97 Å². The second-order valence-electron chi connectivity index (χ2n) is 9.63. The molecule has 0 amide bonds. The van der Waals surface area contributed by atoms with Gasteiger partial charge in [0.1, 0.15) is 0 Å². The third-order valence-corrected chi connectivity index (χ3v) is 7.23. The van der Waals surface area contributed by atoms with E-state index in [2.05, 4.69) is 20.8 Å². The monoisotopic (exact) mass is 324 g/mol. The Morgan fingerprint density at radius 1 is 1.17 bits per heavy atom. The van der Waals surface area contributed by atoms with Crippen molar-refractivity contribution in [2.45, 2.75) is 91.6 Å². The van der Waals surface area contributed by atoms with Crippen LogP contribution < -0.4 is 0 Å². The molecule has 0 unspecified atom stereocenters. The van der Waals surface area contributed by atoms with Gasteiger partial charge in [-0.2, -0.15) is 0 Å². The topological polar surface area (TPSA) is 57.5 Å². The number of aliphatic hydroxyl groups is 1. The number of aliphatic carboxylic acids is 1. The van der Waals surface area contributed by atoms with Crippen LogP contribution in [-0.4, -0.2) is 21.8 Å². The van der Waals surface area contributed by atoms with E-state index in [1.165, 1.54) is 19.3 Å². The number of hydrogen-bond acceptors (Lipinski definition) is 2. The first-order chi connectivity index (χ1) is 10.5. The Bertz CT molecular complexity index is 440. The van der Waals surface area contributed by atoms with Crippen LogP contribution in [0.4, 0.5) is 0 Å². The molecule has 2 N–H and O–H groups in total. The van der Waals surface area contributed by atoms with Crippen molar-refractivity contribution in [1.29, 1.82) is 0 Å². The van der Waals surface area contributed by atoms with E-state index in [4.69, 9.17) is 5.11 Å². The Hall–Kier alpha value is -0.570. The van der Waals surface area contributed by atoms with Gasteiger partial charge in [0.2, 0.25) is 0 Å². The minimum atomic E-state index is -0.712. The fourth-order valence-electron chi connectivity index (χ4n) is 6.12. The van der Waals surface area contributed by atoms with Gasteiger partial charge in [-0.3, -0.25) is 4.79 Å². The van der Waals surface area contributed by atoms with Crippen LogP contribution in [-0.2, 0) is 4.79 Å². The first-order valence-electron chi connectivity index (χ1n) is 9.43. The van der Waals surface area contributed by atoms with E-state index in [1.54, 1.807) is 0 Å². The van der Waals surface area contributed by atoms with E-state index >= 15 is 0 Å². The fourth-order valence-corrected chi connectivity index (χ4v) is 6.12. The molecule has 0 aromatic heterocycles. The first-order valence-corrected chi connectivity index (χ1v) is 9.43. The maximum absolute atomic E-state index is 11.1. The quantitative estimate of drug-likeness (QED) is 0.758. The molecule has 3 heteroatoms. The molecule has 23 heavy (non-hydrogen) atoms. The maximum atomic E-state index is 11.1. The summed E-state index contributed by atoms with van der Waals surface area (Å²) in [5.74, 6) is 0.424. The molecule has 5 atom stereocenters. The number of carboxylic acids is 1. The van der Waals surface area contributed by atoms with Crippen molar-refractivity contribution in [2.24, 2.45) is 28.6 Å². The van der Waals surface area contributed by atoms with Gasteiger partial charge in [0.25, 0.3) is 0 Å². The SMILES string of the molecule is C[C@H](CC[C@H]1[C@@]2(C)CCCC(C)(C)[C@@H]2CC[C@@]1(C)O)CC(=O)O. The predicted octanol–water partition coefficient (Wildman–Crippen LogP) is 4.87. The minimum absolute atomic E-state index is 0.184. The largest absolute Gasteiger partial charge is 0.481 e. The number of hydrogen-bond donors (Lipinski definition) is 2. The van der Waals surface area contributed by atoms with E-state index in [0.717, 1.165) is 25.7 Å². The van der Waals surface area contributed by atoms with Gasteiger partial charge >= 0.3 is 5.97 Å². The lowest BCUT2D eigenvalue weighted by atomic mass is 9.45. The van der Waals surface area contributed by atoms with Crippen LogP contribution in [0, 0.1) is 28.6 Å². The van der Waals surface area contributed by atoms with E-state index in [1.807, 2.05) is 13.8 Å². The zero-order valence-corrected chi connectivity index (χ0v) is 15.7. The zero-order valence-electron chi connectivity index (χ0n) is 15.7. The van der Waals surface area contributed by atoms with E-state index in [-0.39, 0.29) is 23.7 Å². The molecule has 2 saturated carbocycles. The summed E-state index contributed by atoms with van der Waals surface area (Å²) in [5.41, 5.74) is -0.0670. The minimum Gasteiger partial charge on any atom is -0.481 e. The molecule has 134 valence electrons. The average Bonchev–Trinajstić information content (AvgIpc) is 2.34. The van der Waals surface area contributed by atoms with Crippen LogP contribution in [0.25, 0.3) is 0 Å². The predicted molar refractivity (Wildman–Crippen MR) is 93.2 cm³/mol. The lowest BCUT2D eigenvalue weighted by molar-refractivity contribution is -0.170. The molecule has 2 aliphatic rings. The third-order valence-electron chi connectivity index (χ3n) is 7.23. The summed E-state index contributed by atoms with van der Waals surface area (Å²) in [6.45, 7) is 11.2. The molecule has 0 aromatic carbocycles. The maximum Gasteiger partial charge on any atom is 0.303 e. The van der Waals surface area contributed by atoms with Gasteiger partial charge in [0, 0.05) is 6.42 Å².